The summed E-state index contributed by atoms with van der Waals surface area (Å²) in [6.07, 6.45) is 2.36. The molecule has 2 rings (SSSR count). The van der Waals surface area contributed by atoms with Crippen LogP contribution in [0.15, 0.2) is 18.2 Å². The van der Waals surface area contributed by atoms with Crippen molar-refractivity contribution in [1.29, 1.82) is 5.26 Å². The van der Waals surface area contributed by atoms with Crippen LogP contribution < -0.4 is 0 Å². The molecule has 1 aliphatic heterocycles. The Hall–Kier alpha value is -1.44. The summed E-state index contributed by atoms with van der Waals surface area (Å²) in [6.45, 7) is 2.62. The normalized spacial score (nSPS) is 20.5. The van der Waals surface area contributed by atoms with Crippen LogP contribution in [0.3, 0.4) is 0 Å². The van der Waals surface area contributed by atoms with Gasteiger partial charge in [0, 0.05) is 24.7 Å². The molecule has 1 saturated heterocycles. The van der Waals surface area contributed by atoms with Crippen molar-refractivity contribution in [2.75, 3.05) is 27.2 Å². The van der Waals surface area contributed by atoms with Crippen LogP contribution >= 0.6 is 0 Å². The van der Waals surface area contributed by atoms with Crippen LogP contribution in [-0.2, 0) is 6.54 Å². The molecule has 4 heteroatoms. The van der Waals surface area contributed by atoms with Crippen LogP contribution in [0.5, 0.6) is 0 Å². The molecule has 1 atom stereocenters. The molecule has 0 aromatic heterocycles. The number of piperidine rings is 1. The van der Waals surface area contributed by atoms with E-state index >= 15 is 0 Å². The Kier molecular flexibility index (Phi) is 4.52. The monoisotopic (exact) mass is 261 g/mol. The highest BCUT2D eigenvalue weighted by Crippen LogP contribution is 2.18. The van der Waals surface area contributed by atoms with Crippen LogP contribution in [-0.4, -0.2) is 43.0 Å². The third-order valence-electron chi connectivity index (χ3n) is 3.79. The molecule has 1 heterocycles. The number of nitrogens with zero attached hydrogens (tertiary/aromatic N) is 3. The fourth-order valence-corrected chi connectivity index (χ4v) is 2.58. The highest BCUT2D eigenvalue weighted by atomic mass is 19.1. The van der Waals surface area contributed by atoms with E-state index in [0.717, 1.165) is 19.5 Å². The van der Waals surface area contributed by atoms with Gasteiger partial charge in [-0.3, -0.25) is 4.90 Å². The molecule has 19 heavy (non-hydrogen) atoms. The van der Waals surface area contributed by atoms with Crippen molar-refractivity contribution in [3.8, 4) is 6.07 Å². The van der Waals surface area contributed by atoms with E-state index < -0.39 is 0 Å². The fourth-order valence-electron chi connectivity index (χ4n) is 2.58. The highest BCUT2D eigenvalue weighted by Gasteiger charge is 2.21. The zero-order valence-corrected chi connectivity index (χ0v) is 11.6. The first-order valence-electron chi connectivity index (χ1n) is 6.67. The summed E-state index contributed by atoms with van der Waals surface area (Å²) in [6, 6.07) is 7.25. The minimum atomic E-state index is -0.272. The van der Waals surface area contributed by atoms with E-state index in [1.54, 1.807) is 12.1 Å². The molecule has 0 N–H and O–H groups in total. The maximum atomic E-state index is 13.9. The van der Waals surface area contributed by atoms with Gasteiger partial charge in [0.2, 0.25) is 0 Å². The van der Waals surface area contributed by atoms with Gasteiger partial charge in [0.1, 0.15) is 5.82 Å². The summed E-state index contributed by atoms with van der Waals surface area (Å²) >= 11 is 0. The SMILES string of the molecule is CN(C)C1CCCN(Cc2ccc(C#N)cc2F)C1. The summed E-state index contributed by atoms with van der Waals surface area (Å²) in [5, 5.41) is 8.74. The Morgan fingerprint density at radius 1 is 1.47 bits per heavy atom. The van der Waals surface area contributed by atoms with Crippen molar-refractivity contribution in [2.45, 2.75) is 25.4 Å². The number of rotatable bonds is 3. The van der Waals surface area contributed by atoms with Gasteiger partial charge in [-0.2, -0.15) is 5.26 Å². The Bertz CT molecular complexity index is 479. The second-order valence-electron chi connectivity index (χ2n) is 5.41. The zero-order valence-electron chi connectivity index (χ0n) is 11.6. The van der Waals surface area contributed by atoms with Gasteiger partial charge in [-0.15, -0.1) is 0 Å². The lowest BCUT2D eigenvalue weighted by Crippen LogP contribution is -2.44. The first kappa shape index (κ1) is 14.0. The lowest BCUT2D eigenvalue weighted by molar-refractivity contribution is 0.127. The highest BCUT2D eigenvalue weighted by molar-refractivity contribution is 5.32. The van der Waals surface area contributed by atoms with E-state index in [0.29, 0.717) is 23.7 Å². The van der Waals surface area contributed by atoms with Crippen LogP contribution in [0.4, 0.5) is 4.39 Å². The Balaban J connectivity index is 2.03. The lowest BCUT2D eigenvalue weighted by atomic mass is 10.0. The Morgan fingerprint density at radius 2 is 2.26 bits per heavy atom. The molecule has 3 nitrogen and oxygen atoms in total. The number of hydrogen-bond acceptors (Lipinski definition) is 3. The molecular weight excluding hydrogens is 241 g/mol. The van der Waals surface area contributed by atoms with E-state index in [-0.39, 0.29) is 5.82 Å². The van der Waals surface area contributed by atoms with Crippen molar-refractivity contribution in [2.24, 2.45) is 0 Å². The van der Waals surface area contributed by atoms with Crippen molar-refractivity contribution < 1.29 is 4.39 Å². The van der Waals surface area contributed by atoms with Gasteiger partial charge < -0.3 is 4.90 Å². The van der Waals surface area contributed by atoms with Crippen LogP contribution in [0.25, 0.3) is 0 Å². The fraction of sp³-hybridized carbons (Fsp3) is 0.533. The number of halogens is 1. The molecule has 0 radical (unpaired) electrons. The van der Waals surface area contributed by atoms with Crippen molar-refractivity contribution in [1.82, 2.24) is 9.80 Å². The summed E-state index contributed by atoms with van der Waals surface area (Å²) in [5.74, 6) is -0.272. The van der Waals surface area contributed by atoms with Gasteiger partial charge in [-0.25, -0.2) is 4.39 Å². The minimum absolute atomic E-state index is 0.272. The summed E-state index contributed by atoms with van der Waals surface area (Å²) in [4.78, 5) is 4.53. The van der Waals surface area contributed by atoms with Crippen molar-refractivity contribution >= 4 is 0 Å². The zero-order chi connectivity index (χ0) is 13.8. The number of likely N-dealkylation sites (N-methyl/N-ethyl adjacent to an activating group) is 1. The predicted molar refractivity (Wildman–Crippen MR) is 73.1 cm³/mol. The first-order valence-corrected chi connectivity index (χ1v) is 6.67. The summed E-state index contributed by atoms with van der Waals surface area (Å²) in [7, 11) is 4.19. The minimum Gasteiger partial charge on any atom is -0.305 e. The number of benzene rings is 1. The third-order valence-corrected chi connectivity index (χ3v) is 3.79. The molecule has 102 valence electrons. The molecule has 0 aliphatic carbocycles. The first-order chi connectivity index (χ1) is 9.10. The molecule has 1 unspecified atom stereocenters. The molecular formula is C15H20FN3. The van der Waals surface area contributed by atoms with Gasteiger partial charge in [0.25, 0.3) is 0 Å². The quantitative estimate of drug-likeness (QED) is 0.836. The maximum absolute atomic E-state index is 13.9. The smallest absolute Gasteiger partial charge is 0.129 e. The Labute approximate surface area is 114 Å². The number of nitriles is 1. The lowest BCUT2D eigenvalue weighted by Gasteiger charge is -2.36. The second kappa shape index (κ2) is 6.14. The number of likely N-dealkylation sites (tertiary alicyclic amines) is 1. The van der Waals surface area contributed by atoms with Crippen LogP contribution in [0, 0.1) is 17.1 Å². The second-order valence-corrected chi connectivity index (χ2v) is 5.41. The van der Waals surface area contributed by atoms with Gasteiger partial charge >= 0.3 is 0 Å². The van der Waals surface area contributed by atoms with Gasteiger partial charge in [0.15, 0.2) is 0 Å². The Morgan fingerprint density at radius 3 is 2.89 bits per heavy atom. The molecule has 1 aliphatic rings. The molecule has 0 saturated carbocycles. The van der Waals surface area contributed by atoms with E-state index in [1.165, 1.54) is 12.5 Å². The summed E-state index contributed by atoms with van der Waals surface area (Å²) in [5.41, 5.74) is 1.06. The molecule has 0 spiro atoms. The predicted octanol–water partition coefficient (Wildman–Crippen LogP) is 2.22. The maximum Gasteiger partial charge on any atom is 0.129 e. The average Bonchev–Trinajstić information content (AvgIpc) is 2.41. The topological polar surface area (TPSA) is 30.3 Å². The molecule has 0 bridgehead atoms. The number of hydrogen-bond donors (Lipinski definition) is 0. The van der Waals surface area contributed by atoms with Crippen molar-refractivity contribution in [3.63, 3.8) is 0 Å². The average molecular weight is 261 g/mol. The van der Waals surface area contributed by atoms with Crippen LogP contribution in [0.2, 0.25) is 0 Å². The third kappa shape index (κ3) is 3.52. The van der Waals surface area contributed by atoms with Crippen molar-refractivity contribution in [3.05, 3.63) is 35.1 Å². The van der Waals surface area contributed by atoms with E-state index in [9.17, 15) is 4.39 Å². The largest absolute Gasteiger partial charge is 0.305 e. The van der Waals surface area contributed by atoms with Gasteiger partial charge in [-0.1, -0.05) is 6.07 Å². The summed E-state index contributed by atoms with van der Waals surface area (Å²) < 4.78 is 13.9. The molecule has 0 amide bonds. The van der Waals surface area contributed by atoms with Gasteiger partial charge in [0.05, 0.1) is 11.6 Å². The van der Waals surface area contributed by atoms with Crippen LogP contribution in [0.1, 0.15) is 24.0 Å². The molecule has 1 aromatic rings. The molecule has 1 aromatic carbocycles. The van der Waals surface area contributed by atoms with E-state index in [2.05, 4.69) is 23.9 Å². The van der Waals surface area contributed by atoms with Gasteiger partial charge in [-0.05, 0) is 45.6 Å². The molecule has 1 fully saturated rings. The van der Waals surface area contributed by atoms with E-state index in [4.69, 9.17) is 5.26 Å². The van der Waals surface area contributed by atoms with E-state index in [1.807, 2.05) is 6.07 Å². The standard InChI is InChI=1S/C15H20FN3/c1-18(2)14-4-3-7-19(11-14)10-13-6-5-12(9-17)8-15(13)16/h5-6,8,14H,3-4,7,10-11H2,1-2H3.